The molecule has 0 spiro atoms. The van der Waals surface area contributed by atoms with Crippen LogP contribution in [0.25, 0.3) is 0 Å². The van der Waals surface area contributed by atoms with Crippen molar-refractivity contribution in [1.29, 1.82) is 5.26 Å². The minimum atomic E-state index is -4.87. The third kappa shape index (κ3) is 9.51. The molecule has 308 valence electrons. The Morgan fingerprint density at radius 1 is 1.09 bits per heavy atom. The minimum Gasteiger partial charge on any atom is -0.378 e. The molecule has 1 aliphatic carbocycles. The van der Waals surface area contributed by atoms with E-state index < -0.39 is 65.0 Å². The number of amides is 4. The van der Waals surface area contributed by atoms with Gasteiger partial charge in [-0.1, -0.05) is 0 Å². The number of nitrogens with zero attached hydrogens (tertiary/aromatic N) is 6. The molecule has 0 bridgehead atoms. The van der Waals surface area contributed by atoms with E-state index >= 15 is 8.78 Å². The first-order chi connectivity index (χ1) is 26.4. The maximum absolute atomic E-state index is 15.3. The molecule has 4 aliphatic rings. The molecule has 13 nitrogen and oxygen atoms in total. The van der Waals surface area contributed by atoms with Crippen LogP contribution in [-0.2, 0) is 30.1 Å². The molecule has 57 heavy (non-hydrogen) atoms. The van der Waals surface area contributed by atoms with Crippen molar-refractivity contribution in [3.8, 4) is 6.07 Å². The molecule has 2 N–H and O–H groups in total. The maximum atomic E-state index is 15.3. The quantitative estimate of drug-likeness (QED) is 0.181. The number of likely N-dealkylation sites (tertiary alicyclic amines) is 1. The van der Waals surface area contributed by atoms with Crippen molar-refractivity contribution in [2.45, 2.75) is 101 Å². The summed E-state index contributed by atoms with van der Waals surface area (Å²) in [5.74, 6) is -6.32. The molecular formula is C37H42ClF5N8O5S. The number of thiocarbonyl (C=S) groups is 1. The van der Waals surface area contributed by atoms with Crippen molar-refractivity contribution in [1.82, 2.24) is 25.1 Å². The zero-order chi connectivity index (χ0) is 40.6. The molecule has 20 heteroatoms. The Morgan fingerprint density at radius 2 is 1.81 bits per heavy atom. The summed E-state index contributed by atoms with van der Waals surface area (Å²) in [4.78, 5) is 61.8. The molecule has 0 radical (unpaired) electrons. The summed E-state index contributed by atoms with van der Waals surface area (Å²) in [7, 11) is 0. The second kappa shape index (κ2) is 17.2. The Balaban J connectivity index is 0.00000620. The van der Waals surface area contributed by atoms with E-state index in [1.807, 2.05) is 0 Å². The molecule has 2 aromatic rings. The molecule has 2 atom stereocenters. The second-order valence-electron chi connectivity index (χ2n) is 15.1. The summed E-state index contributed by atoms with van der Waals surface area (Å²) >= 11 is 5.64. The molecule has 2 aromatic heterocycles. The summed E-state index contributed by atoms with van der Waals surface area (Å²) in [6.45, 7) is 2.88. The zero-order valence-electron chi connectivity index (χ0n) is 31.1. The first-order valence-corrected chi connectivity index (χ1v) is 18.8. The molecule has 3 aliphatic heterocycles. The lowest BCUT2D eigenvalue weighted by Crippen LogP contribution is -2.51. The number of rotatable bonds is 10. The van der Waals surface area contributed by atoms with Gasteiger partial charge in [-0.3, -0.25) is 39.3 Å². The number of ether oxygens (including phenoxy) is 1. The molecular weight excluding hydrogens is 799 g/mol. The van der Waals surface area contributed by atoms with Crippen LogP contribution in [0, 0.1) is 17.2 Å². The van der Waals surface area contributed by atoms with E-state index in [1.165, 1.54) is 17.2 Å². The normalized spacial score (nSPS) is 25.1. The van der Waals surface area contributed by atoms with E-state index in [9.17, 15) is 32.3 Å². The summed E-state index contributed by atoms with van der Waals surface area (Å²) in [5.41, 5.74) is -2.62. The number of hydrogen-bond acceptors (Lipinski definition) is 10. The van der Waals surface area contributed by atoms with E-state index in [0.717, 1.165) is 11.1 Å². The molecule has 4 amide bonds. The van der Waals surface area contributed by atoms with Crippen molar-refractivity contribution in [3.05, 3.63) is 47.5 Å². The number of hydrogen-bond donors (Lipinski definition) is 2. The Bertz CT molecular complexity index is 1920. The third-order valence-electron chi connectivity index (χ3n) is 11.0. The van der Waals surface area contributed by atoms with Gasteiger partial charge in [-0.2, -0.15) is 18.4 Å². The van der Waals surface area contributed by atoms with Gasteiger partial charge >= 0.3 is 6.18 Å². The van der Waals surface area contributed by atoms with Gasteiger partial charge in [0, 0.05) is 25.0 Å². The van der Waals surface area contributed by atoms with Gasteiger partial charge in [0.05, 0.1) is 60.1 Å². The van der Waals surface area contributed by atoms with Gasteiger partial charge in [0.2, 0.25) is 17.7 Å². The molecule has 4 fully saturated rings. The molecule has 5 heterocycles. The second-order valence-corrected chi connectivity index (χ2v) is 15.5. The topological polar surface area (TPSA) is 161 Å². The lowest BCUT2D eigenvalue weighted by Gasteiger charge is -2.41. The highest BCUT2D eigenvalue weighted by Crippen LogP contribution is 2.41. The van der Waals surface area contributed by atoms with Gasteiger partial charge in [0.15, 0.2) is 10.8 Å². The van der Waals surface area contributed by atoms with Gasteiger partial charge in [-0.15, -0.1) is 12.4 Å². The van der Waals surface area contributed by atoms with Crippen LogP contribution in [0.5, 0.6) is 0 Å². The van der Waals surface area contributed by atoms with E-state index in [0.29, 0.717) is 56.1 Å². The van der Waals surface area contributed by atoms with Crippen molar-refractivity contribution in [3.63, 3.8) is 0 Å². The van der Waals surface area contributed by atoms with Gasteiger partial charge in [-0.25, -0.2) is 13.8 Å². The molecule has 1 saturated carbocycles. The lowest BCUT2D eigenvalue weighted by atomic mass is 9.88. The fourth-order valence-corrected chi connectivity index (χ4v) is 8.56. The lowest BCUT2D eigenvalue weighted by molar-refractivity contribution is -0.138. The van der Waals surface area contributed by atoms with Crippen LogP contribution in [0.4, 0.5) is 33.3 Å². The standard InChI is InChI=1S/C37H41F5N8O5S.ClH/c1-35(2)33(54)49(24-15-27(37(40,41)42)29(16-43)45-18-24)34(56)50(35)23-4-6-25(7-5-23)55-14-12-21-11-13-48(20-36(21,38)39)19-31(52)46-22-3-9-28(44-17-22)26-8-10-30(51)47-32(26)53;/h3,9,15,17-18,21,23,25-26H,4-8,10-14,19-20H2,1-2H3,(H,46,52)(H,47,51,53);1H. The van der Waals surface area contributed by atoms with E-state index in [4.69, 9.17) is 22.2 Å². The number of carbonyl (C=O) groups is 4. The molecule has 0 aromatic carbocycles. The molecule has 3 saturated heterocycles. The number of carbonyl (C=O) groups excluding carboxylic acids is 4. The van der Waals surface area contributed by atoms with Gasteiger partial charge in [0.1, 0.15) is 11.6 Å². The van der Waals surface area contributed by atoms with E-state index in [2.05, 4.69) is 20.6 Å². The average Bonchev–Trinajstić information content (AvgIpc) is 3.31. The van der Waals surface area contributed by atoms with Crippen LogP contribution in [0.3, 0.4) is 0 Å². The maximum Gasteiger partial charge on any atom is 0.419 e. The van der Waals surface area contributed by atoms with Crippen molar-refractivity contribution in [2.75, 3.05) is 36.5 Å². The average molecular weight is 841 g/mol. The number of aromatic nitrogens is 2. The SMILES string of the molecule is CC1(C)C(=O)N(c2cnc(C#N)c(C(F)(F)F)c2)C(=S)N1C1CCC(OCCC2CCN(CC(=O)Nc3ccc(C4CCC(=O)NC4=O)nc3)CC2(F)F)CC1.Cl. The number of nitrogens with one attached hydrogen (secondary N) is 2. The minimum absolute atomic E-state index is 0. The van der Waals surface area contributed by atoms with Gasteiger partial charge < -0.3 is 15.0 Å². The predicted molar refractivity (Wildman–Crippen MR) is 201 cm³/mol. The summed E-state index contributed by atoms with van der Waals surface area (Å²) in [6.07, 6.45) is 0.393. The number of alkyl halides is 5. The first kappa shape index (κ1) is 43.7. The van der Waals surface area contributed by atoms with Crippen molar-refractivity contribution < 1.29 is 45.9 Å². The van der Waals surface area contributed by atoms with Crippen LogP contribution < -0.4 is 15.5 Å². The Morgan fingerprint density at radius 3 is 2.42 bits per heavy atom. The van der Waals surface area contributed by atoms with Crippen LogP contribution in [-0.4, -0.2) is 98.4 Å². The Kier molecular flexibility index (Phi) is 13.2. The van der Waals surface area contributed by atoms with Crippen LogP contribution >= 0.6 is 24.6 Å². The number of imide groups is 1. The summed E-state index contributed by atoms with van der Waals surface area (Å²) in [5, 5.41) is 14.1. The summed E-state index contributed by atoms with van der Waals surface area (Å²) in [6, 6.07) is 5.07. The number of anilines is 2. The van der Waals surface area contributed by atoms with Crippen LogP contribution in [0.2, 0.25) is 0 Å². The highest BCUT2D eigenvalue weighted by molar-refractivity contribution is 7.80. The fourth-order valence-electron chi connectivity index (χ4n) is 7.99. The van der Waals surface area contributed by atoms with Crippen molar-refractivity contribution in [2.24, 2.45) is 5.92 Å². The number of nitriles is 1. The van der Waals surface area contributed by atoms with Crippen LogP contribution in [0.15, 0.2) is 30.6 Å². The number of halogens is 6. The zero-order valence-corrected chi connectivity index (χ0v) is 32.7. The molecule has 2 unspecified atom stereocenters. The highest BCUT2D eigenvalue weighted by atomic mass is 35.5. The van der Waals surface area contributed by atoms with Gasteiger partial charge in [-0.05, 0) is 95.8 Å². The van der Waals surface area contributed by atoms with E-state index in [-0.39, 0.29) is 73.7 Å². The molecule has 6 rings (SSSR count). The number of pyridine rings is 2. The van der Waals surface area contributed by atoms with Gasteiger partial charge in [0.25, 0.3) is 11.8 Å². The predicted octanol–water partition coefficient (Wildman–Crippen LogP) is 5.33. The smallest absolute Gasteiger partial charge is 0.378 e. The summed E-state index contributed by atoms with van der Waals surface area (Å²) < 4.78 is 77.5. The number of piperidine rings is 2. The Hall–Kier alpha value is -4.38. The van der Waals surface area contributed by atoms with Crippen LogP contribution in [0.1, 0.15) is 88.1 Å². The third-order valence-corrected chi connectivity index (χ3v) is 11.3. The van der Waals surface area contributed by atoms with E-state index in [1.54, 1.807) is 30.9 Å². The monoisotopic (exact) mass is 840 g/mol. The first-order valence-electron chi connectivity index (χ1n) is 18.4. The fraction of sp³-hybridized carbons (Fsp3) is 0.568. The Labute approximate surface area is 337 Å². The largest absolute Gasteiger partial charge is 0.419 e. The highest BCUT2D eigenvalue weighted by Gasteiger charge is 2.53. The van der Waals surface area contributed by atoms with Crippen molar-refractivity contribution >= 4 is 64.7 Å².